The Morgan fingerprint density at radius 3 is 2.56 bits per heavy atom. The van der Waals surface area contributed by atoms with E-state index in [4.69, 9.17) is 0 Å². The molecular weight excluding hydrogens is 198 g/mol. The first-order valence-electron chi connectivity index (χ1n) is 5.20. The molecule has 1 aromatic carbocycles. The van der Waals surface area contributed by atoms with Crippen LogP contribution in [0, 0.1) is 13.8 Å². The number of aldehydes is 1. The van der Waals surface area contributed by atoms with Gasteiger partial charge in [-0.15, -0.1) is 0 Å². The van der Waals surface area contributed by atoms with Crippen LogP contribution in [0.3, 0.4) is 0 Å². The Labute approximate surface area is 95.0 Å². The number of rotatable bonds is 2. The lowest BCUT2D eigenvalue weighted by molar-refractivity contribution is 0.112. The third-order valence-electron chi connectivity index (χ3n) is 2.73. The van der Waals surface area contributed by atoms with Crippen molar-refractivity contribution in [2.45, 2.75) is 13.8 Å². The lowest BCUT2D eigenvalue weighted by atomic mass is 9.98. The molecule has 0 atom stereocenters. The SMILES string of the molecule is Cc1ccc(-c2cccc(C=O)c2C)cn1. The second-order valence-corrected chi connectivity index (χ2v) is 3.83. The Morgan fingerprint density at radius 1 is 1.12 bits per heavy atom. The number of hydrogen-bond acceptors (Lipinski definition) is 2. The van der Waals surface area contributed by atoms with Gasteiger partial charge in [0.15, 0.2) is 0 Å². The number of pyridine rings is 1. The highest BCUT2D eigenvalue weighted by Crippen LogP contribution is 2.24. The molecule has 1 aromatic heterocycles. The van der Waals surface area contributed by atoms with E-state index in [-0.39, 0.29) is 0 Å². The summed E-state index contributed by atoms with van der Waals surface area (Å²) in [5.41, 5.74) is 4.85. The van der Waals surface area contributed by atoms with Crippen molar-refractivity contribution in [2.24, 2.45) is 0 Å². The highest BCUT2D eigenvalue weighted by Gasteiger charge is 2.05. The number of carbonyl (C=O) groups excluding carboxylic acids is 1. The fraction of sp³-hybridized carbons (Fsp3) is 0.143. The number of nitrogens with zero attached hydrogens (tertiary/aromatic N) is 1. The highest BCUT2D eigenvalue weighted by molar-refractivity contribution is 5.82. The van der Waals surface area contributed by atoms with Gasteiger partial charge >= 0.3 is 0 Å². The van der Waals surface area contributed by atoms with Crippen LogP contribution in [0.4, 0.5) is 0 Å². The summed E-state index contributed by atoms with van der Waals surface area (Å²) in [4.78, 5) is 15.1. The van der Waals surface area contributed by atoms with Crippen LogP contribution in [0.2, 0.25) is 0 Å². The van der Waals surface area contributed by atoms with Crippen LogP contribution in [-0.2, 0) is 0 Å². The summed E-state index contributed by atoms with van der Waals surface area (Å²) in [5.74, 6) is 0. The van der Waals surface area contributed by atoms with Crippen molar-refractivity contribution in [1.82, 2.24) is 4.98 Å². The maximum absolute atomic E-state index is 10.8. The Hall–Kier alpha value is -1.96. The van der Waals surface area contributed by atoms with E-state index in [0.29, 0.717) is 0 Å². The normalized spacial score (nSPS) is 10.1. The summed E-state index contributed by atoms with van der Waals surface area (Å²) < 4.78 is 0. The Kier molecular flexibility index (Phi) is 2.82. The van der Waals surface area contributed by atoms with Crippen molar-refractivity contribution in [3.8, 4) is 11.1 Å². The van der Waals surface area contributed by atoms with E-state index in [2.05, 4.69) is 4.98 Å². The number of carbonyl (C=O) groups is 1. The minimum atomic E-state index is 0.734. The minimum Gasteiger partial charge on any atom is -0.298 e. The first-order chi connectivity index (χ1) is 7.72. The maximum Gasteiger partial charge on any atom is 0.150 e. The van der Waals surface area contributed by atoms with Gasteiger partial charge in [-0.3, -0.25) is 9.78 Å². The van der Waals surface area contributed by atoms with Crippen LogP contribution in [0.25, 0.3) is 11.1 Å². The molecule has 0 saturated heterocycles. The second-order valence-electron chi connectivity index (χ2n) is 3.83. The third kappa shape index (κ3) is 1.87. The number of aryl methyl sites for hydroxylation is 1. The van der Waals surface area contributed by atoms with Crippen molar-refractivity contribution in [3.05, 3.63) is 53.3 Å². The third-order valence-corrected chi connectivity index (χ3v) is 2.73. The van der Waals surface area contributed by atoms with E-state index in [9.17, 15) is 4.79 Å². The first-order valence-corrected chi connectivity index (χ1v) is 5.20. The molecule has 2 heteroatoms. The number of hydrogen-bond donors (Lipinski definition) is 0. The number of aromatic nitrogens is 1. The smallest absolute Gasteiger partial charge is 0.150 e. The molecule has 2 aromatic rings. The van der Waals surface area contributed by atoms with Crippen LogP contribution in [-0.4, -0.2) is 11.3 Å². The average Bonchev–Trinajstić information content (AvgIpc) is 2.31. The quantitative estimate of drug-likeness (QED) is 0.714. The maximum atomic E-state index is 10.8. The van der Waals surface area contributed by atoms with E-state index >= 15 is 0 Å². The minimum absolute atomic E-state index is 0.734. The summed E-state index contributed by atoms with van der Waals surface area (Å²) in [6, 6.07) is 9.73. The summed E-state index contributed by atoms with van der Waals surface area (Å²) >= 11 is 0. The van der Waals surface area contributed by atoms with Crippen molar-refractivity contribution in [2.75, 3.05) is 0 Å². The zero-order valence-corrected chi connectivity index (χ0v) is 9.40. The van der Waals surface area contributed by atoms with Crippen LogP contribution >= 0.6 is 0 Å². The van der Waals surface area contributed by atoms with E-state index in [0.717, 1.165) is 34.2 Å². The van der Waals surface area contributed by atoms with Crippen molar-refractivity contribution in [1.29, 1.82) is 0 Å². The van der Waals surface area contributed by atoms with Crippen molar-refractivity contribution < 1.29 is 4.79 Å². The fourth-order valence-corrected chi connectivity index (χ4v) is 1.72. The zero-order chi connectivity index (χ0) is 11.5. The number of benzene rings is 1. The zero-order valence-electron chi connectivity index (χ0n) is 9.40. The van der Waals surface area contributed by atoms with Gasteiger partial charge in [-0.1, -0.05) is 24.3 Å². The molecule has 0 radical (unpaired) electrons. The molecule has 16 heavy (non-hydrogen) atoms. The van der Waals surface area contributed by atoms with Crippen LogP contribution < -0.4 is 0 Å². The molecule has 0 aliphatic rings. The molecule has 0 N–H and O–H groups in total. The molecule has 0 fully saturated rings. The molecular formula is C14H13NO. The standard InChI is InChI=1S/C14H13NO/c1-10-6-7-12(8-15-10)14-5-3-4-13(9-16)11(14)2/h3-9H,1-2H3. The second kappa shape index (κ2) is 4.27. The van der Waals surface area contributed by atoms with E-state index < -0.39 is 0 Å². The molecule has 0 saturated carbocycles. The van der Waals surface area contributed by atoms with Crippen molar-refractivity contribution in [3.63, 3.8) is 0 Å². The molecule has 80 valence electrons. The molecule has 0 spiro atoms. The van der Waals surface area contributed by atoms with E-state index in [1.165, 1.54) is 0 Å². The van der Waals surface area contributed by atoms with Crippen molar-refractivity contribution >= 4 is 6.29 Å². The summed E-state index contributed by atoms with van der Waals surface area (Å²) in [6.07, 6.45) is 2.73. The average molecular weight is 211 g/mol. The van der Waals surface area contributed by atoms with E-state index in [1.807, 2.05) is 50.4 Å². The van der Waals surface area contributed by atoms with Gasteiger partial charge in [0.25, 0.3) is 0 Å². The van der Waals surface area contributed by atoms with Gasteiger partial charge in [-0.2, -0.15) is 0 Å². The van der Waals surface area contributed by atoms with Crippen LogP contribution in [0.15, 0.2) is 36.5 Å². The predicted octanol–water partition coefficient (Wildman–Crippen LogP) is 3.18. The van der Waals surface area contributed by atoms with Gasteiger partial charge in [0, 0.05) is 23.0 Å². The Balaban J connectivity index is 2.56. The van der Waals surface area contributed by atoms with Gasteiger partial charge < -0.3 is 0 Å². The topological polar surface area (TPSA) is 30.0 Å². The molecule has 0 bridgehead atoms. The largest absolute Gasteiger partial charge is 0.298 e. The van der Waals surface area contributed by atoms with Crippen LogP contribution in [0.5, 0.6) is 0 Å². The summed E-state index contributed by atoms with van der Waals surface area (Å²) in [7, 11) is 0. The molecule has 0 unspecified atom stereocenters. The Morgan fingerprint density at radius 2 is 1.94 bits per heavy atom. The van der Waals surface area contributed by atoms with E-state index in [1.54, 1.807) is 0 Å². The van der Waals surface area contributed by atoms with Gasteiger partial charge in [0.2, 0.25) is 0 Å². The van der Waals surface area contributed by atoms with Gasteiger partial charge in [-0.25, -0.2) is 0 Å². The Bertz CT molecular complexity index is 515. The van der Waals surface area contributed by atoms with Gasteiger partial charge in [0.1, 0.15) is 6.29 Å². The first kappa shape index (κ1) is 10.6. The predicted molar refractivity (Wildman–Crippen MR) is 64.5 cm³/mol. The highest BCUT2D eigenvalue weighted by atomic mass is 16.1. The molecule has 0 amide bonds. The summed E-state index contributed by atoms with van der Waals surface area (Å²) in [6.45, 7) is 3.91. The molecule has 2 nitrogen and oxygen atoms in total. The van der Waals surface area contributed by atoms with Gasteiger partial charge in [0.05, 0.1) is 0 Å². The fourth-order valence-electron chi connectivity index (χ4n) is 1.72. The molecule has 0 aliphatic carbocycles. The van der Waals surface area contributed by atoms with Gasteiger partial charge in [-0.05, 0) is 31.0 Å². The lowest BCUT2D eigenvalue weighted by Gasteiger charge is -2.07. The molecule has 1 heterocycles. The lowest BCUT2D eigenvalue weighted by Crippen LogP contribution is -1.91. The van der Waals surface area contributed by atoms with Crippen LogP contribution in [0.1, 0.15) is 21.6 Å². The molecule has 0 aliphatic heterocycles. The summed E-state index contributed by atoms with van der Waals surface area (Å²) in [5, 5.41) is 0. The monoisotopic (exact) mass is 211 g/mol. The molecule has 2 rings (SSSR count).